The van der Waals surface area contributed by atoms with E-state index in [1.54, 1.807) is 36.4 Å². The Hall–Kier alpha value is -4.08. The molecule has 1 N–H and O–H groups in total. The number of nitrogens with zero attached hydrogens (tertiary/aromatic N) is 5. The van der Waals surface area contributed by atoms with Gasteiger partial charge in [0.05, 0.1) is 18.8 Å². The van der Waals surface area contributed by atoms with Crippen LogP contribution in [0.5, 0.6) is 5.75 Å². The van der Waals surface area contributed by atoms with Crippen molar-refractivity contribution in [1.82, 2.24) is 24.5 Å². The number of hydrogen-bond acceptors (Lipinski definition) is 6. The number of benzene rings is 2. The summed E-state index contributed by atoms with van der Waals surface area (Å²) < 4.78 is 21.2. The van der Waals surface area contributed by atoms with E-state index < -0.39 is 11.5 Å². The molecule has 0 aliphatic carbocycles. The lowest BCUT2D eigenvalue weighted by atomic mass is 10.2. The molecule has 31 heavy (non-hydrogen) atoms. The summed E-state index contributed by atoms with van der Waals surface area (Å²) >= 11 is 0. The highest BCUT2D eigenvalue weighted by Gasteiger charge is 2.15. The molecule has 4 aromatic rings. The second kappa shape index (κ2) is 8.74. The molecule has 9 nitrogen and oxygen atoms in total. The first-order chi connectivity index (χ1) is 15.0. The number of halogens is 1. The first-order valence-corrected chi connectivity index (χ1v) is 9.60. The maximum absolute atomic E-state index is 13.1. The van der Waals surface area contributed by atoms with Crippen LogP contribution in [0, 0.1) is 5.82 Å². The molecule has 0 bridgehead atoms. The maximum Gasteiger partial charge on any atom is 0.283 e. The van der Waals surface area contributed by atoms with Crippen LogP contribution in [0.1, 0.15) is 12.5 Å². The van der Waals surface area contributed by atoms with E-state index in [4.69, 9.17) is 4.74 Å². The summed E-state index contributed by atoms with van der Waals surface area (Å²) in [5.74, 6) is -0.201. The van der Waals surface area contributed by atoms with Gasteiger partial charge in [0.25, 0.3) is 5.56 Å². The fraction of sp³-hybridized carbons (Fsp3) is 0.190. The Balaban J connectivity index is 1.53. The highest BCUT2D eigenvalue weighted by molar-refractivity contribution is 5.92. The SMILES string of the molecule is CCOc1ccccc1NC(=O)Cn1cnc2c(nnn2Cc2ccc(F)cc2)c1=O. The molecule has 2 aromatic heterocycles. The zero-order chi connectivity index (χ0) is 21.8. The molecule has 2 aromatic carbocycles. The molecule has 158 valence electrons. The van der Waals surface area contributed by atoms with Gasteiger partial charge in [-0.2, -0.15) is 0 Å². The van der Waals surface area contributed by atoms with Crippen molar-refractivity contribution in [1.29, 1.82) is 0 Å². The largest absolute Gasteiger partial charge is 0.492 e. The molecule has 0 radical (unpaired) electrons. The van der Waals surface area contributed by atoms with Crippen LogP contribution in [-0.2, 0) is 17.9 Å². The number of fused-ring (bicyclic) bond motifs is 1. The number of nitrogens with one attached hydrogen (secondary N) is 1. The van der Waals surface area contributed by atoms with E-state index in [2.05, 4.69) is 20.6 Å². The second-order valence-electron chi connectivity index (χ2n) is 6.70. The third kappa shape index (κ3) is 4.42. The summed E-state index contributed by atoms with van der Waals surface area (Å²) in [5, 5.41) is 10.6. The zero-order valence-corrected chi connectivity index (χ0v) is 16.7. The van der Waals surface area contributed by atoms with E-state index >= 15 is 0 Å². The number of para-hydroxylation sites is 2. The van der Waals surface area contributed by atoms with Crippen molar-refractivity contribution in [3.05, 3.63) is 76.6 Å². The second-order valence-corrected chi connectivity index (χ2v) is 6.70. The molecule has 0 aliphatic heterocycles. The normalized spacial score (nSPS) is 10.9. The van der Waals surface area contributed by atoms with E-state index in [1.807, 2.05) is 6.92 Å². The molecular formula is C21H19FN6O3. The summed E-state index contributed by atoms with van der Waals surface area (Å²) in [6, 6.07) is 13.0. The molecule has 2 heterocycles. The minimum Gasteiger partial charge on any atom is -0.492 e. The quantitative estimate of drug-likeness (QED) is 0.490. The summed E-state index contributed by atoms with van der Waals surface area (Å²) in [4.78, 5) is 29.5. The van der Waals surface area contributed by atoms with Crippen LogP contribution in [0.15, 0.2) is 59.7 Å². The van der Waals surface area contributed by atoms with Crippen molar-refractivity contribution in [2.24, 2.45) is 0 Å². The molecule has 0 saturated heterocycles. The van der Waals surface area contributed by atoms with Crippen molar-refractivity contribution in [3.8, 4) is 5.75 Å². The Bertz CT molecular complexity index is 1280. The van der Waals surface area contributed by atoms with Gasteiger partial charge in [0.15, 0.2) is 11.2 Å². The smallest absolute Gasteiger partial charge is 0.283 e. The Morgan fingerprint density at radius 2 is 1.94 bits per heavy atom. The molecule has 0 aliphatic rings. The van der Waals surface area contributed by atoms with Crippen LogP contribution in [0.4, 0.5) is 10.1 Å². The Morgan fingerprint density at radius 3 is 2.71 bits per heavy atom. The van der Waals surface area contributed by atoms with Crippen molar-refractivity contribution in [2.45, 2.75) is 20.0 Å². The monoisotopic (exact) mass is 422 g/mol. The third-order valence-electron chi connectivity index (χ3n) is 4.51. The van der Waals surface area contributed by atoms with Gasteiger partial charge in [-0.25, -0.2) is 14.1 Å². The molecule has 0 unspecified atom stereocenters. The molecule has 10 heteroatoms. The topological polar surface area (TPSA) is 104 Å². The fourth-order valence-electron chi connectivity index (χ4n) is 3.06. The third-order valence-corrected chi connectivity index (χ3v) is 4.51. The lowest BCUT2D eigenvalue weighted by Gasteiger charge is -2.11. The first kappa shape index (κ1) is 20.2. The lowest BCUT2D eigenvalue weighted by molar-refractivity contribution is -0.116. The van der Waals surface area contributed by atoms with Crippen LogP contribution in [0.2, 0.25) is 0 Å². The van der Waals surface area contributed by atoms with Gasteiger partial charge in [-0.3, -0.25) is 14.2 Å². The molecule has 0 atom stereocenters. The van der Waals surface area contributed by atoms with Gasteiger partial charge in [0.1, 0.15) is 24.4 Å². The maximum atomic E-state index is 13.1. The van der Waals surface area contributed by atoms with Crippen LogP contribution in [0.3, 0.4) is 0 Å². The van der Waals surface area contributed by atoms with Gasteiger partial charge in [0.2, 0.25) is 5.91 Å². The Kier molecular flexibility index (Phi) is 5.69. The average Bonchev–Trinajstić information content (AvgIpc) is 3.17. The lowest BCUT2D eigenvalue weighted by Crippen LogP contribution is -2.28. The van der Waals surface area contributed by atoms with Gasteiger partial charge >= 0.3 is 0 Å². The summed E-state index contributed by atoms with van der Waals surface area (Å²) in [6.45, 7) is 2.35. The van der Waals surface area contributed by atoms with E-state index in [9.17, 15) is 14.0 Å². The Labute approximate surface area is 176 Å². The summed E-state index contributed by atoms with van der Waals surface area (Å²) in [7, 11) is 0. The van der Waals surface area contributed by atoms with Gasteiger partial charge in [-0.1, -0.05) is 29.5 Å². The molecular weight excluding hydrogens is 403 g/mol. The molecule has 0 fully saturated rings. The number of hydrogen-bond donors (Lipinski definition) is 1. The van der Waals surface area contributed by atoms with Crippen LogP contribution >= 0.6 is 0 Å². The predicted octanol–water partition coefficient (Wildman–Crippen LogP) is 2.21. The number of aromatic nitrogens is 5. The summed E-state index contributed by atoms with van der Waals surface area (Å²) in [6.07, 6.45) is 1.28. The van der Waals surface area contributed by atoms with Gasteiger partial charge in [-0.05, 0) is 36.8 Å². The zero-order valence-electron chi connectivity index (χ0n) is 16.7. The highest BCUT2D eigenvalue weighted by atomic mass is 19.1. The van der Waals surface area contributed by atoms with Crippen molar-refractivity contribution in [2.75, 3.05) is 11.9 Å². The Morgan fingerprint density at radius 1 is 1.16 bits per heavy atom. The average molecular weight is 422 g/mol. The number of carbonyl (C=O) groups is 1. The van der Waals surface area contributed by atoms with Crippen molar-refractivity contribution >= 4 is 22.8 Å². The minimum atomic E-state index is -0.483. The van der Waals surface area contributed by atoms with Crippen molar-refractivity contribution in [3.63, 3.8) is 0 Å². The van der Waals surface area contributed by atoms with Gasteiger partial charge < -0.3 is 10.1 Å². The number of amides is 1. The van der Waals surface area contributed by atoms with E-state index in [0.29, 0.717) is 18.0 Å². The van der Waals surface area contributed by atoms with Crippen LogP contribution in [0.25, 0.3) is 11.2 Å². The molecule has 0 saturated carbocycles. The van der Waals surface area contributed by atoms with Crippen LogP contribution in [-0.4, -0.2) is 37.1 Å². The molecule has 1 amide bonds. The first-order valence-electron chi connectivity index (χ1n) is 9.60. The highest BCUT2D eigenvalue weighted by Crippen LogP contribution is 2.23. The number of anilines is 1. The minimum absolute atomic E-state index is 0.0483. The predicted molar refractivity (Wildman–Crippen MR) is 111 cm³/mol. The molecule has 4 rings (SSSR count). The number of rotatable bonds is 7. The van der Waals surface area contributed by atoms with E-state index in [0.717, 1.165) is 10.1 Å². The van der Waals surface area contributed by atoms with Gasteiger partial charge in [0, 0.05) is 0 Å². The van der Waals surface area contributed by atoms with Crippen LogP contribution < -0.4 is 15.6 Å². The number of carbonyl (C=O) groups excluding carboxylic acids is 1. The van der Waals surface area contributed by atoms with E-state index in [-0.39, 0.29) is 30.1 Å². The standard InChI is InChI=1S/C21H19FN6O3/c1-2-31-17-6-4-3-5-16(17)24-18(29)12-27-13-23-20-19(21(27)30)25-26-28(20)11-14-7-9-15(22)10-8-14/h3-10,13H,2,11-12H2,1H3,(H,24,29). The van der Waals surface area contributed by atoms with Gasteiger partial charge in [-0.15, -0.1) is 5.10 Å². The van der Waals surface area contributed by atoms with Crippen molar-refractivity contribution < 1.29 is 13.9 Å². The molecule has 0 spiro atoms. The number of ether oxygens (including phenoxy) is 1. The van der Waals surface area contributed by atoms with E-state index in [1.165, 1.54) is 23.1 Å². The fourth-order valence-corrected chi connectivity index (χ4v) is 3.06. The summed E-state index contributed by atoms with van der Waals surface area (Å²) in [5.41, 5.74) is 1.15.